The molecule has 11 heteroatoms. The summed E-state index contributed by atoms with van der Waals surface area (Å²) in [6, 6.07) is 12.4. The monoisotopic (exact) mass is 492 g/mol. The summed E-state index contributed by atoms with van der Waals surface area (Å²) in [7, 11) is 0. The van der Waals surface area contributed by atoms with Gasteiger partial charge >= 0.3 is 29.5 Å². The molecule has 0 fully saturated rings. The lowest BCUT2D eigenvalue weighted by Gasteiger charge is -2.37. The number of phenols is 2. The van der Waals surface area contributed by atoms with Crippen LogP contribution in [0.1, 0.15) is 44.3 Å². The van der Waals surface area contributed by atoms with Gasteiger partial charge in [0.15, 0.2) is 5.60 Å². The predicted molar refractivity (Wildman–Crippen MR) is 117 cm³/mol. The highest BCUT2D eigenvalue weighted by Crippen LogP contribution is 2.58. The first-order valence-electron chi connectivity index (χ1n) is 10.4. The third kappa shape index (κ3) is 2.99. The summed E-state index contributed by atoms with van der Waals surface area (Å²) in [6.45, 7) is 0.681. The number of carbonyl (C=O) groups is 4. The highest BCUT2D eigenvalue weighted by molar-refractivity contribution is 6.06. The van der Waals surface area contributed by atoms with Crippen molar-refractivity contribution in [3.05, 3.63) is 82.4 Å². The molecule has 36 heavy (non-hydrogen) atoms. The van der Waals surface area contributed by atoms with Crippen LogP contribution in [0, 0.1) is 0 Å². The maximum atomic E-state index is 13.3. The molecule has 4 N–H and O–H groups in total. The van der Waals surface area contributed by atoms with E-state index >= 15 is 0 Å². The Morgan fingerprint density at radius 3 is 2.25 bits per heavy atom. The van der Waals surface area contributed by atoms with Gasteiger partial charge in [-0.1, -0.05) is 18.2 Å². The molecule has 11 nitrogen and oxygen atoms in total. The van der Waals surface area contributed by atoms with Crippen LogP contribution in [0.5, 0.6) is 23.0 Å². The molecular weight excluding hydrogens is 476 g/mol. The van der Waals surface area contributed by atoms with E-state index in [2.05, 4.69) is 0 Å². The first-order valence-corrected chi connectivity index (χ1v) is 10.4. The highest BCUT2D eigenvalue weighted by Gasteiger charge is 2.56. The third-order valence-corrected chi connectivity index (χ3v) is 6.11. The summed E-state index contributed by atoms with van der Waals surface area (Å²) >= 11 is 0. The molecule has 2 aliphatic heterocycles. The number of ether oxygens (including phenoxy) is 3. The quantitative estimate of drug-likeness (QED) is 0.311. The van der Waals surface area contributed by atoms with Gasteiger partial charge in [0.2, 0.25) is 0 Å². The lowest BCUT2D eigenvalue weighted by atomic mass is 9.75. The maximum absolute atomic E-state index is 13.3. The third-order valence-electron chi connectivity index (χ3n) is 6.11. The number of aromatic hydroxyl groups is 2. The lowest BCUT2D eigenvalue weighted by Crippen LogP contribution is -2.48. The fraction of sp³-hybridized carbons (Fsp3) is 0.120. The van der Waals surface area contributed by atoms with Crippen molar-refractivity contribution in [3.63, 3.8) is 0 Å². The van der Waals surface area contributed by atoms with Crippen LogP contribution in [0.15, 0.2) is 54.6 Å². The number of carbonyl (C=O) groups excluding carboxylic acids is 2. The number of hydrogen-bond donors (Lipinski definition) is 4. The zero-order chi connectivity index (χ0) is 26.0. The number of aliphatic carboxylic acids is 2. The average Bonchev–Trinajstić information content (AvgIpc) is 3.10. The molecule has 0 bridgehead atoms. The van der Waals surface area contributed by atoms with Gasteiger partial charge in [-0.05, 0) is 31.2 Å². The molecule has 3 aromatic carbocycles. The topological polar surface area (TPSA) is 177 Å². The Morgan fingerprint density at radius 1 is 0.889 bits per heavy atom. The summed E-state index contributed by atoms with van der Waals surface area (Å²) in [5, 5.41) is 39.1. The molecule has 182 valence electrons. The number of rotatable bonds is 4. The number of esters is 2. The van der Waals surface area contributed by atoms with E-state index in [-0.39, 0.29) is 33.9 Å². The van der Waals surface area contributed by atoms with E-state index in [1.807, 2.05) is 0 Å². The van der Waals surface area contributed by atoms with Crippen LogP contribution >= 0.6 is 0 Å². The van der Waals surface area contributed by atoms with E-state index in [0.717, 1.165) is 12.1 Å². The molecule has 3 aromatic rings. The lowest BCUT2D eigenvalue weighted by molar-refractivity contribution is -0.174. The van der Waals surface area contributed by atoms with Crippen LogP contribution in [-0.4, -0.2) is 49.9 Å². The van der Waals surface area contributed by atoms with Crippen molar-refractivity contribution >= 4 is 23.9 Å². The number of carboxylic acid groups (broad SMARTS) is 2. The molecule has 1 atom stereocenters. The largest absolute Gasteiger partial charge is 0.508 e. The Morgan fingerprint density at radius 2 is 1.56 bits per heavy atom. The van der Waals surface area contributed by atoms with Crippen molar-refractivity contribution in [3.8, 4) is 23.0 Å². The fourth-order valence-electron chi connectivity index (χ4n) is 4.37. The Hall–Kier alpha value is -5.06. The summed E-state index contributed by atoms with van der Waals surface area (Å²) in [5.41, 5.74) is -4.75. The molecule has 0 radical (unpaired) electrons. The number of hydrogen-bond acceptors (Lipinski definition) is 9. The minimum atomic E-state index is -2.97. The number of phenolic OH excluding ortho intramolecular Hbond substituents is 2. The van der Waals surface area contributed by atoms with Gasteiger partial charge in [-0.25, -0.2) is 19.2 Å². The Kier molecular flexibility index (Phi) is 4.71. The number of benzene rings is 3. The van der Waals surface area contributed by atoms with Crippen LogP contribution in [0.3, 0.4) is 0 Å². The van der Waals surface area contributed by atoms with Crippen molar-refractivity contribution in [2.45, 2.75) is 18.1 Å². The molecule has 0 aromatic heterocycles. The van der Waals surface area contributed by atoms with E-state index in [4.69, 9.17) is 14.2 Å². The number of fused-ring (bicyclic) bond motifs is 6. The van der Waals surface area contributed by atoms with Crippen LogP contribution in [0.2, 0.25) is 0 Å². The summed E-state index contributed by atoms with van der Waals surface area (Å²) in [4.78, 5) is 49.5. The van der Waals surface area contributed by atoms with Crippen molar-refractivity contribution in [1.29, 1.82) is 0 Å². The van der Waals surface area contributed by atoms with Gasteiger partial charge in [0.25, 0.3) is 0 Å². The summed E-state index contributed by atoms with van der Waals surface area (Å²) < 4.78 is 16.6. The second kappa shape index (κ2) is 7.47. The molecule has 0 saturated carbocycles. The molecule has 1 unspecified atom stereocenters. The zero-order valence-electron chi connectivity index (χ0n) is 18.3. The zero-order valence-corrected chi connectivity index (χ0v) is 18.3. The van der Waals surface area contributed by atoms with Crippen LogP contribution < -0.4 is 4.74 Å². The average molecular weight is 492 g/mol. The van der Waals surface area contributed by atoms with E-state index < -0.39 is 46.4 Å². The van der Waals surface area contributed by atoms with Crippen molar-refractivity contribution < 1.29 is 53.8 Å². The van der Waals surface area contributed by atoms with Crippen LogP contribution in [-0.2, 0) is 24.7 Å². The Labute approximate surface area is 201 Å². The first kappa shape index (κ1) is 22.7. The van der Waals surface area contributed by atoms with Crippen molar-refractivity contribution in [1.82, 2.24) is 0 Å². The SMILES string of the molecule is CC(OC(=O)c1cc(O)cc2c1C1(OC(=O)c3ccccc31)c1ccc(O)cc1O2)(C(=O)O)C(=O)O. The van der Waals surface area contributed by atoms with E-state index in [9.17, 15) is 39.6 Å². The second-order valence-electron chi connectivity index (χ2n) is 8.30. The van der Waals surface area contributed by atoms with E-state index in [1.54, 1.807) is 18.2 Å². The molecule has 5 rings (SSSR count). The van der Waals surface area contributed by atoms with Gasteiger partial charge in [-0.3, -0.25) is 0 Å². The highest BCUT2D eigenvalue weighted by atomic mass is 16.6. The summed E-state index contributed by atoms with van der Waals surface area (Å²) in [5.74, 6) is -6.86. The molecule has 1 spiro atoms. The fourth-order valence-corrected chi connectivity index (χ4v) is 4.37. The van der Waals surface area contributed by atoms with Crippen molar-refractivity contribution in [2.24, 2.45) is 0 Å². The van der Waals surface area contributed by atoms with Crippen LogP contribution in [0.25, 0.3) is 0 Å². The molecule has 0 saturated heterocycles. The molecule has 0 aliphatic carbocycles. The Bertz CT molecular complexity index is 1490. The van der Waals surface area contributed by atoms with Gasteiger partial charge in [0, 0.05) is 23.3 Å². The molecular formula is C25H16O11. The summed E-state index contributed by atoms with van der Waals surface area (Å²) in [6.07, 6.45) is 0. The maximum Gasteiger partial charge on any atom is 0.359 e. The Balaban J connectivity index is 1.82. The minimum Gasteiger partial charge on any atom is -0.508 e. The second-order valence-corrected chi connectivity index (χ2v) is 8.30. The van der Waals surface area contributed by atoms with Gasteiger partial charge in [-0.2, -0.15) is 0 Å². The van der Waals surface area contributed by atoms with Gasteiger partial charge < -0.3 is 34.6 Å². The van der Waals surface area contributed by atoms with Crippen LogP contribution in [0.4, 0.5) is 0 Å². The molecule has 2 aliphatic rings. The first-order chi connectivity index (χ1) is 17.0. The van der Waals surface area contributed by atoms with E-state index in [1.165, 1.54) is 24.3 Å². The van der Waals surface area contributed by atoms with Gasteiger partial charge in [0.05, 0.1) is 16.7 Å². The van der Waals surface area contributed by atoms with Crippen molar-refractivity contribution in [2.75, 3.05) is 0 Å². The predicted octanol–water partition coefficient (Wildman–Crippen LogP) is 2.75. The minimum absolute atomic E-state index is 0.0535. The molecule has 2 heterocycles. The van der Waals surface area contributed by atoms with Gasteiger partial charge in [-0.15, -0.1) is 0 Å². The van der Waals surface area contributed by atoms with Gasteiger partial charge in [0.1, 0.15) is 23.0 Å². The standard InChI is InChI=1S/C25H16O11/c1-24(22(30)31,23(32)33)35-21(29)14-8-12(27)10-18-19(14)25(16-7-6-11(26)9-17(16)34-18)15-5-3-2-4-13(15)20(28)36-25/h2-10,26-27H,1H3,(H,30,31)(H,32,33). The smallest absolute Gasteiger partial charge is 0.359 e. The normalized spacial score (nSPS) is 17.3. The molecule has 0 amide bonds. The van der Waals surface area contributed by atoms with E-state index in [0.29, 0.717) is 12.5 Å². The number of carboxylic acids is 2.